The van der Waals surface area contributed by atoms with Gasteiger partial charge in [0.2, 0.25) is 5.43 Å². The van der Waals surface area contributed by atoms with Crippen LogP contribution in [0.4, 0.5) is 0 Å². The van der Waals surface area contributed by atoms with Gasteiger partial charge in [-0.05, 0) is 43.7 Å². The molecule has 1 N–H and O–H groups in total. The number of aromatic nitrogens is 4. The molecule has 200 valence electrons. The molecule has 8 heteroatoms. The van der Waals surface area contributed by atoms with Gasteiger partial charge >= 0.3 is 0 Å². The Morgan fingerprint density at radius 3 is 2.61 bits per heavy atom. The molecule has 2 aromatic carbocycles. The van der Waals surface area contributed by atoms with E-state index >= 15 is 0 Å². The summed E-state index contributed by atoms with van der Waals surface area (Å²) in [6.45, 7) is 3.56. The Kier molecular flexibility index (Phi) is 6.62. The molecule has 1 amide bonds. The van der Waals surface area contributed by atoms with E-state index in [4.69, 9.17) is 4.42 Å². The Morgan fingerprint density at radius 1 is 1.00 bits per heavy atom. The molecule has 0 aliphatic rings. The smallest absolute Gasteiger partial charge is 0.255 e. The molecule has 41 heavy (non-hydrogen) atoms. The van der Waals surface area contributed by atoms with E-state index < -0.39 is 6.04 Å². The molecule has 0 saturated carbocycles. The first-order valence-electron chi connectivity index (χ1n) is 13.1. The van der Waals surface area contributed by atoms with E-state index in [1.807, 2.05) is 43.4 Å². The predicted octanol–water partition coefficient (Wildman–Crippen LogP) is 5.34. The first-order valence-corrected chi connectivity index (χ1v) is 13.1. The minimum absolute atomic E-state index is 0.227. The lowest BCUT2D eigenvalue weighted by Crippen LogP contribution is -2.29. The van der Waals surface area contributed by atoms with Crippen molar-refractivity contribution in [1.29, 1.82) is 0 Å². The summed E-state index contributed by atoms with van der Waals surface area (Å²) in [5.74, 6) is 6.18. The number of hydrogen-bond acceptors (Lipinski definition) is 6. The van der Waals surface area contributed by atoms with Gasteiger partial charge in [0.25, 0.3) is 5.91 Å². The Bertz CT molecular complexity index is 2070. The van der Waals surface area contributed by atoms with Crippen LogP contribution in [0.1, 0.15) is 45.9 Å². The molecule has 0 aliphatic carbocycles. The first-order chi connectivity index (χ1) is 19.9. The van der Waals surface area contributed by atoms with E-state index in [1.165, 1.54) is 0 Å². The van der Waals surface area contributed by atoms with Crippen LogP contribution in [0.15, 0.2) is 94.7 Å². The third-order valence-corrected chi connectivity index (χ3v) is 6.86. The fourth-order valence-corrected chi connectivity index (χ4v) is 4.91. The van der Waals surface area contributed by atoms with Crippen molar-refractivity contribution in [2.24, 2.45) is 7.05 Å². The molecule has 6 rings (SSSR count). The second-order valence-corrected chi connectivity index (χ2v) is 9.72. The van der Waals surface area contributed by atoms with Gasteiger partial charge in [-0.2, -0.15) is 5.10 Å². The molecule has 8 nitrogen and oxygen atoms in total. The van der Waals surface area contributed by atoms with Crippen molar-refractivity contribution >= 4 is 27.8 Å². The lowest BCUT2D eigenvalue weighted by Gasteiger charge is -2.19. The second kappa shape index (κ2) is 10.5. The fourth-order valence-electron chi connectivity index (χ4n) is 4.91. The molecule has 0 saturated heterocycles. The zero-order valence-electron chi connectivity index (χ0n) is 22.7. The highest BCUT2D eigenvalue weighted by atomic mass is 16.3. The largest absolute Gasteiger partial charge is 0.458 e. The topological polar surface area (TPSA) is 103 Å². The minimum Gasteiger partial charge on any atom is -0.458 e. The number of carbonyl (C=O) groups is 1. The summed E-state index contributed by atoms with van der Waals surface area (Å²) in [5, 5.41) is 8.32. The first kappa shape index (κ1) is 25.7. The number of fused-ring (bicyclic) bond motifs is 2. The molecule has 0 unspecified atom stereocenters. The average Bonchev–Trinajstić information content (AvgIpc) is 3.40. The van der Waals surface area contributed by atoms with Crippen LogP contribution in [-0.4, -0.2) is 25.7 Å². The summed E-state index contributed by atoms with van der Waals surface area (Å²) in [7, 11) is 1.82. The molecule has 0 spiro atoms. The molecule has 0 radical (unpaired) electrons. The van der Waals surface area contributed by atoms with Crippen LogP contribution in [0.2, 0.25) is 0 Å². The number of aryl methyl sites for hydroxylation is 2. The minimum atomic E-state index is -0.654. The summed E-state index contributed by atoms with van der Waals surface area (Å²) < 4.78 is 8.08. The van der Waals surface area contributed by atoms with Crippen LogP contribution < -0.4 is 10.7 Å². The lowest BCUT2D eigenvalue weighted by atomic mass is 9.97. The van der Waals surface area contributed by atoms with Crippen LogP contribution in [0, 0.1) is 18.8 Å². The molecule has 0 aliphatic heterocycles. The fraction of sp³-hybridized carbons (Fsp3) is 0.121. The number of hydrogen-bond donors (Lipinski definition) is 1. The van der Waals surface area contributed by atoms with Gasteiger partial charge in [-0.25, -0.2) is 0 Å². The van der Waals surface area contributed by atoms with Crippen molar-refractivity contribution < 1.29 is 9.21 Å². The SMILES string of the molecule is Cc1ncc2cccnc2c1C(=O)N[C@@H](C)c1oc2cccc(C#Cc3cnn(C)c3)c2c(=O)c1-c1ccccc1. The molecule has 4 heterocycles. The molecule has 1 atom stereocenters. The van der Waals surface area contributed by atoms with Crippen molar-refractivity contribution in [3.05, 3.63) is 124 Å². The van der Waals surface area contributed by atoms with E-state index in [2.05, 4.69) is 32.2 Å². The molecule has 0 fully saturated rings. The van der Waals surface area contributed by atoms with Gasteiger partial charge in [0, 0.05) is 36.6 Å². The third-order valence-electron chi connectivity index (χ3n) is 6.86. The average molecular weight is 540 g/mol. The highest BCUT2D eigenvalue weighted by molar-refractivity contribution is 6.06. The van der Waals surface area contributed by atoms with Crippen LogP contribution >= 0.6 is 0 Å². The monoisotopic (exact) mass is 539 g/mol. The van der Waals surface area contributed by atoms with Gasteiger partial charge < -0.3 is 9.73 Å². The van der Waals surface area contributed by atoms with Gasteiger partial charge in [0.05, 0.1) is 45.5 Å². The van der Waals surface area contributed by atoms with Gasteiger partial charge in [-0.15, -0.1) is 0 Å². The second-order valence-electron chi connectivity index (χ2n) is 9.72. The van der Waals surface area contributed by atoms with E-state index in [0.29, 0.717) is 50.2 Å². The zero-order chi connectivity index (χ0) is 28.5. The predicted molar refractivity (Wildman–Crippen MR) is 157 cm³/mol. The maximum absolute atomic E-state index is 14.2. The molecule has 0 bridgehead atoms. The molecular formula is C33H25N5O3. The van der Waals surface area contributed by atoms with E-state index in [0.717, 1.165) is 10.9 Å². The summed E-state index contributed by atoms with van der Waals surface area (Å²) in [6, 6.07) is 17.6. The molecule has 4 aromatic heterocycles. The Morgan fingerprint density at radius 2 is 1.83 bits per heavy atom. The van der Waals surface area contributed by atoms with E-state index in [-0.39, 0.29) is 11.3 Å². The summed E-state index contributed by atoms with van der Waals surface area (Å²) >= 11 is 0. The number of nitrogens with one attached hydrogen (secondary N) is 1. The third kappa shape index (κ3) is 4.85. The normalized spacial score (nSPS) is 11.7. The number of amides is 1. The summed E-state index contributed by atoms with van der Waals surface area (Å²) in [6.07, 6.45) is 6.82. The van der Waals surface area contributed by atoms with Crippen molar-refractivity contribution in [3.63, 3.8) is 0 Å². The lowest BCUT2D eigenvalue weighted by molar-refractivity contribution is 0.0936. The number of carbonyl (C=O) groups excluding carboxylic acids is 1. The summed E-state index contributed by atoms with van der Waals surface area (Å²) in [5.41, 5.74) is 3.98. The van der Waals surface area contributed by atoms with E-state index in [9.17, 15) is 9.59 Å². The van der Waals surface area contributed by atoms with Gasteiger partial charge in [-0.3, -0.25) is 24.2 Å². The standard InChI is InChI=1S/C33H25N5O3/c1-20-27(30-25(18-35-20)12-8-16-34-30)33(40)37-21(2)32-29(23-9-5-4-6-10-23)31(39)28-24(11-7-13-26(28)41-32)15-14-22-17-36-38(3)19-22/h4-13,16-19,21H,1-3H3,(H,37,40)/t21-/m0/s1. The van der Waals surface area contributed by atoms with Crippen molar-refractivity contribution in [1.82, 2.24) is 25.1 Å². The van der Waals surface area contributed by atoms with Crippen LogP contribution in [0.3, 0.4) is 0 Å². The number of rotatable bonds is 4. The number of pyridine rings is 2. The maximum Gasteiger partial charge on any atom is 0.255 e. The Labute approximate surface area is 235 Å². The highest BCUT2D eigenvalue weighted by Gasteiger charge is 2.25. The highest BCUT2D eigenvalue weighted by Crippen LogP contribution is 2.30. The Balaban J connectivity index is 1.48. The van der Waals surface area contributed by atoms with Crippen molar-refractivity contribution in [3.8, 4) is 23.0 Å². The quantitative estimate of drug-likeness (QED) is 0.304. The van der Waals surface area contributed by atoms with Gasteiger partial charge in [0.15, 0.2) is 0 Å². The zero-order valence-corrected chi connectivity index (χ0v) is 22.7. The molecular weight excluding hydrogens is 514 g/mol. The molecule has 6 aromatic rings. The maximum atomic E-state index is 14.2. The number of benzene rings is 2. The van der Waals surface area contributed by atoms with Gasteiger partial charge in [0.1, 0.15) is 11.3 Å². The van der Waals surface area contributed by atoms with Gasteiger partial charge in [-0.1, -0.05) is 48.2 Å². The van der Waals surface area contributed by atoms with Crippen LogP contribution in [0.5, 0.6) is 0 Å². The van der Waals surface area contributed by atoms with E-state index in [1.54, 1.807) is 67.6 Å². The number of nitrogens with zero attached hydrogens (tertiary/aromatic N) is 4. The van der Waals surface area contributed by atoms with Crippen molar-refractivity contribution in [2.75, 3.05) is 0 Å². The van der Waals surface area contributed by atoms with Crippen molar-refractivity contribution in [2.45, 2.75) is 19.9 Å². The van der Waals surface area contributed by atoms with Crippen LogP contribution in [0.25, 0.3) is 33.0 Å². The van der Waals surface area contributed by atoms with Crippen LogP contribution in [-0.2, 0) is 7.05 Å². The Hall–Kier alpha value is -5.55. The summed E-state index contributed by atoms with van der Waals surface area (Å²) in [4.78, 5) is 36.6.